The van der Waals surface area contributed by atoms with Crippen LogP contribution in [0.5, 0.6) is 0 Å². The Morgan fingerprint density at radius 3 is 2.08 bits per heavy atom. The van der Waals surface area contributed by atoms with E-state index in [1.54, 1.807) is 5.30 Å². The molecule has 0 nitrogen and oxygen atoms in total. The van der Waals surface area contributed by atoms with Crippen molar-refractivity contribution in [2.75, 3.05) is 19.5 Å². The van der Waals surface area contributed by atoms with E-state index in [0.717, 1.165) is 5.92 Å². The molecule has 0 radical (unpaired) electrons. The van der Waals surface area contributed by atoms with Gasteiger partial charge in [-0.15, -0.1) is 0 Å². The van der Waals surface area contributed by atoms with Crippen LogP contribution in [-0.4, -0.2) is 19.5 Å². The first-order valence-corrected chi connectivity index (χ1v) is 7.78. The lowest BCUT2D eigenvalue weighted by Gasteiger charge is -2.19. The summed E-state index contributed by atoms with van der Waals surface area (Å²) in [6.07, 6.45) is 1.36. The normalized spacial score (nSPS) is 12.1. The van der Waals surface area contributed by atoms with Crippen molar-refractivity contribution in [1.29, 1.82) is 0 Å². The molecule has 0 fully saturated rings. The Bertz CT molecular complexity index is 249. The second kappa shape index (κ2) is 4.24. The van der Waals surface area contributed by atoms with E-state index in [1.807, 2.05) is 0 Å². The zero-order valence-corrected chi connectivity index (χ0v) is 10.0. The van der Waals surface area contributed by atoms with E-state index in [1.165, 1.54) is 6.16 Å². The van der Waals surface area contributed by atoms with Gasteiger partial charge in [-0.1, -0.05) is 32.0 Å². The molecule has 0 amide bonds. The fourth-order valence-electron chi connectivity index (χ4n) is 1.85. The molecular formula is C12H20P+. The van der Waals surface area contributed by atoms with Crippen molar-refractivity contribution in [3.63, 3.8) is 0 Å². The Balaban J connectivity index is 2.81. The van der Waals surface area contributed by atoms with Gasteiger partial charge in [0.15, 0.2) is 0 Å². The SMILES string of the molecule is CC(C)C[P+](C)(C)c1ccccc1. The van der Waals surface area contributed by atoms with Gasteiger partial charge in [0.05, 0.1) is 24.8 Å². The first kappa shape index (κ1) is 10.7. The standard InChI is InChI=1S/C12H20P/c1-11(2)10-13(3,4)12-8-6-5-7-9-12/h5-9,11H,10H2,1-4H3/q+1. The highest BCUT2D eigenvalue weighted by molar-refractivity contribution is 7.81. The van der Waals surface area contributed by atoms with Crippen LogP contribution in [0.1, 0.15) is 13.8 Å². The second-order valence-electron chi connectivity index (χ2n) is 4.60. The molecular weight excluding hydrogens is 175 g/mol. The average molecular weight is 195 g/mol. The molecule has 1 heteroatoms. The maximum Gasteiger partial charge on any atom is 0.0933 e. The highest BCUT2D eigenvalue weighted by Crippen LogP contribution is 2.50. The van der Waals surface area contributed by atoms with Crippen molar-refractivity contribution in [1.82, 2.24) is 0 Å². The van der Waals surface area contributed by atoms with E-state index in [2.05, 4.69) is 57.5 Å². The average Bonchev–Trinajstić information content (AvgIpc) is 2.04. The molecule has 0 aliphatic heterocycles. The van der Waals surface area contributed by atoms with Crippen molar-refractivity contribution < 1.29 is 0 Å². The summed E-state index contributed by atoms with van der Waals surface area (Å²) in [7, 11) is -0.851. The van der Waals surface area contributed by atoms with Gasteiger partial charge in [0.25, 0.3) is 0 Å². The number of hydrogen-bond donors (Lipinski definition) is 0. The van der Waals surface area contributed by atoms with Crippen LogP contribution in [0.25, 0.3) is 0 Å². The van der Waals surface area contributed by atoms with Crippen molar-refractivity contribution >= 4 is 12.6 Å². The highest BCUT2D eigenvalue weighted by atomic mass is 31.2. The Kier molecular flexibility index (Phi) is 3.50. The Morgan fingerprint density at radius 1 is 1.08 bits per heavy atom. The lowest BCUT2D eigenvalue weighted by atomic mass is 10.3. The van der Waals surface area contributed by atoms with Crippen LogP contribution in [0.15, 0.2) is 30.3 Å². The summed E-state index contributed by atoms with van der Waals surface area (Å²) >= 11 is 0. The summed E-state index contributed by atoms with van der Waals surface area (Å²) in [5.41, 5.74) is 0. The molecule has 13 heavy (non-hydrogen) atoms. The molecule has 0 saturated carbocycles. The number of hydrogen-bond acceptors (Lipinski definition) is 0. The van der Waals surface area contributed by atoms with Crippen molar-refractivity contribution in [3.05, 3.63) is 30.3 Å². The Hall–Kier alpha value is -0.350. The zero-order valence-electron chi connectivity index (χ0n) is 9.12. The first-order valence-electron chi connectivity index (χ1n) is 4.91. The second-order valence-corrected chi connectivity index (χ2v) is 8.85. The van der Waals surface area contributed by atoms with Crippen molar-refractivity contribution in [3.8, 4) is 0 Å². The quantitative estimate of drug-likeness (QED) is 0.649. The van der Waals surface area contributed by atoms with Gasteiger partial charge in [-0.05, 0) is 18.1 Å². The van der Waals surface area contributed by atoms with Gasteiger partial charge in [-0.3, -0.25) is 0 Å². The third-order valence-corrected chi connectivity index (χ3v) is 5.62. The largest absolute Gasteiger partial charge is 0.0933 e. The third-order valence-electron chi connectivity index (χ3n) is 2.28. The molecule has 0 heterocycles. The van der Waals surface area contributed by atoms with Crippen LogP contribution in [0.3, 0.4) is 0 Å². The smallest absolute Gasteiger partial charge is 0.0620 e. The van der Waals surface area contributed by atoms with E-state index in [4.69, 9.17) is 0 Å². The molecule has 1 aromatic carbocycles. The van der Waals surface area contributed by atoms with Crippen LogP contribution < -0.4 is 5.30 Å². The minimum Gasteiger partial charge on any atom is -0.0620 e. The summed E-state index contributed by atoms with van der Waals surface area (Å²) in [5, 5.41) is 1.56. The summed E-state index contributed by atoms with van der Waals surface area (Å²) in [4.78, 5) is 0. The third kappa shape index (κ3) is 3.12. The van der Waals surface area contributed by atoms with Gasteiger partial charge in [0, 0.05) is 7.26 Å². The van der Waals surface area contributed by atoms with E-state index in [9.17, 15) is 0 Å². The molecule has 0 aliphatic rings. The maximum atomic E-state index is 2.43. The lowest BCUT2D eigenvalue weighted by molar-refractivity contribution is 0.743. The van der Waals surface area contributed by atoms with Crippen LogP contribution in [-0.2, 0) is 0 Å². The fourth-order valence-corrected chi connectivity index (χ4v) is 4.87. The van der Waals surface area contributed by atoms with Gasteiger partial charge in [0.1, 0.15) is 0 Å². The Labute approximate surface area is 82.7 Å². The zero-order chi connectivity index (χ0) is 9.90. The maximum absolute atomic E-state index is 2.43. The molecule has 1 rings (SSSR count). The topological polar surface area (TPSA) is 0 Å². The van der Waals surface area contributed by atoms with Crippen LogP contribution in [0, 0.1) is 5.92 Å². The monoisotopic (exact) mass is 195 g/mol. The molecule has 0 aliphatic carbocycles. The summed E-state index contributed by atoms with van der Waals surface area (Å²) in [6.45, 7) is 9.49. The van der Waals surface area contributed by atoms with E-state index < -0.39 is 7.26 Å². The van der Waals surface area contributed by atoms with Crippen LogP contribution in [0.2, 0.25) is 0 Å². The molecule has 0 atom stereocenters. The predicted octanol–water partition coefficient (Wildman–Crippen LogP) is 3.25. The van der Waals surface area contributed by atoms with E-state index in [-0.39, 0.29) is 0 Å². The van der Waals surface area contributed by atoms with E-state index >= 15 is 0 Å². The van der Waals surface area contributed by atoms with Crippen molar-refractivity contribution in [2.45, 2.75) is 13.8 Å². The molecule has 1 aromatic rings. The van der Waals surface area contributed by atoms with E-state index in [0.29, 0.717) is 0 Å². The van der Waals surface area contributed by atoms with Gasteiger partial charge < -0.3 is 0 Å². The molecule has 0 bridgehead atoms. The molecule has 72 valence electrons. The predicted molar refractivity (Wildman–Crippen MR) is 64.5 cm³/mol. The highest BCUT2D eigenvalue weighted by Gasteiger charge is 2.28. The molecule has 0 unspecified atom stereocenters. The minimum absolute atomic E-state index is 0.809. The molecule has 0 saturated heterocycles. The van der Waals surface area contributed by atoms with Gasteiger partial charge >= 0.3 is 0 Å². The fraction of sp³-hybridized carbons (Fsp3) is 0.500. The molecule has 0 spiro atoms. The van der Waals surface area contributed by atoms with Crippen LogP contribution in [0.4, 0.5) is 0 Å². The van der Waals surface area contributed by atoms with Gasteiger partial charge in [-0.25, -0.2) is 0 Å². The molecule has 0 aromatic heterocycles. The summed E-state index contributed by atoms with van der Waals surface area (Å²) < 4.78 is 0. The number of benzene rings is 1. The summed E-state index contributed by atoms with van der Waals surface area (Å²) in [5.74, 6) is 0.809. The van der Waals surface area contributed by atoms with Gasteiger partial charge in [-0.2, -0.15) is 0 Å². The first-order chi connectivity index (χ1) is 6.02. The Morgan fingerprint density at radius 2 is 1.62 bits per heavy atom. The number of rotatable bonds is 3. The molecule has 0 N–H and O–H groups in total. The van der Waals surface area contributed by atoms with Gasteiger partial charge in [0.2, 0.25) is 0 Å². The summed E-state index contributed by atoms with van der Waals surface area (Å²) in [6, 6.07) is 10.9. The minimum atomic E-state index is -0.851. The van der Waals surface area contributed by atoms with Crippen molar-refractivity contribution in [2.24, 2.45) is 5.92 Å². The van der Waals surface area contributed by atoms with Crippen LogP contribution >= 0.6 is 7.26 Å². The lowest BCUT2D eigenvalue weighted by Crippen LogP contribution is -2.14.